The molecule has 1 fully saturated rings. The minimum atomic E-state index is 0. The van der Waals surface area contributed by atoms with E-state index in [1.807, 2.05) is 36.4 Å². The topological polar surface area (TPSA) is 36.4 Å². The summed E-state index contributed by atoms with van der Waals surface area (Å²) in [5.41, 5.74) is 2.68. The molecule has 2 heterocycles. The number of benzene rings is 1. The van der Waals surface area contributed by atoms with Crippen LogP contribution in [0, 0.1) is 0 Å². The van der Waals surface area contributed by atoms with Crippen molar-refractivity contribution in [3.63, 3.8) is 0 Å². The van der Waals surface area contributed by atoms with Crippen molar-refractivity contribution in [2.75, 3.05) is 13.1 Å². The zero-order valence-electron chi connectivity index (χ0n) is 12.0. The second-order valence-corrected chi connectivity index (χ2v) is 5.37. The van der Waals surface area contributed by atoms with Gasteiger partial charge in [0, 0.05) is 12.1 Å². The first-order valence-corrected chi connectivity index (χ1v) is 7.29. The summed E-state index contributed by atoms with van der Waals surface area (Å²) in [5.74, 6) is 0.249. The predicted octanol–water partition coefficient (Wildman–Crippen LogP) is 0.444. The molecule has 0 amide bonds. The number of nitrogens with zero attached hydrogens (tertiary/aromatic N) is 2. The Morgan fingerprint density at radius 1 is 0.952 bits per heavy atom. The first-order chi connectivity index (χ1) is 9.83. The lowest BCUT2D eigenvalue weighted by molar-refractivity contribution is -0.00000511. The van der Waals surface area contributed by atoms with Crippen molar-refractivity contribution in [2.24, 2.45) is 0 Å². The molecule has 1 saturated heterocycles. The van der Waals surface area contributed by atoms with Crippen LogP contribution >= 0.6 is 0 Å². The predicted molar refractivity (Wildman–Crippen MR) is 80.5 cm³/mol. The van der Waals surface area contributed by atoms with Crippen LogP contribution in [0.2, 0.25) is 0 Å². The zero-order valence-corrected chi connectivity index (χ0v) is 12.8. The molecule has 3 nitrogen and oxygen atoms in total. The van der Waals surface area contributed by atoms with Gasteiger partial charge in [0.25, 0.3) is 0 Å². The molecule has 0 bridgehead atoms. The monoisotopic (exact) mass is 303 g/mol. The molecular weight excluding hydrogens is 284 g/mol. The normalized spacial score (nSPS) is 15.4. The van der Waals surface area contributed by atoms with E-state index in [1.54, 1.807) is 6.07 Å². The highest BCUT2D eigenvalue weighted by Gasteiger charge is 2.13. The minimum Gasteiger partial charge on any atom is -1.00 e. The van der Waals surface area contributed by atoms with Gasteiger partial charge in [0.2, 0.25) is 0 Å². The molecule has 1 N–H and O–H groups in total. The van der Waals surface area contributed by atoms with Gasteiger partial charge in [-0.15, -0.1) is 0 Å². The van der Waals surface area contributed by atoms with E-state index < -0.39 is 0 Å². The number of halogens is 1. The first kappa shape index (κ1) is 15.8. The minimum absolute atomic E-state index is 0. The van der Waals surface area contributed by atoms with Gasteiger partial charge in [0.15, 0.2) is 0 Å². The van der Waals surface area contributed by atoms with Crippen LogP contribution in [-0.4, -0.2) is 28.1 Å². The molecule has 112 valence electrons. The van der Waals surface area contributed by atoms with E-state index in [4.69, 9.17) is 0 Å². The van der Waals surface area contributed by atoms with Gasteiger partial charge in [-0.25, -0.2) is 4.98 Å². The molecule has 1 aliphatic heterocycles. The number of rotatable bonds is 3. The van der Waals surface area contributed by atoms with Crippen molar-refractivity contribution >= 4 is 0 Å². The molecule has 4 heteroatoms. The van der Waals surface area contributed by atoms with Crippen LogP contribution < -0.4 is 12.4 Å². The van der Waals surface area contributed by atoms with Gasteiger partial charge in [-0.3, -0.25) is 4.90 Å². The van der Waals surface area contributed by atoms with E-state index in [-0.39, 0.29) is 18.2 Å². The second-order valence-electron chi connectivity index (χ2n) is 5.37. The number of hydrogen-bond donors (Lipinski definition) is 1. The van der Waals surface area contributed by atoms with Crippen molar-refractivity contribution in [2.45, 2.75) is 25.8 Å². The van der Waals surface area contributed by atoms with Gasteiger partial charge in [-0.05, 0) is 38.1 Å². The highest BCUT2D eigenvalue weighted by molar-refractivity contribution is 5.65. The lowest BCUT2D eigenvalue weighted by Crippen LogP contribution is -3.00. The van der Waals surface area contributed by atoms with E-state index in [1.165, 1.54) is 19.3 Å². The van der Waals surface area contributed by atoms with E-state index in [0.717, 1.165) is 30.9 Å². The van der Waals surface area contributed by atoms with Crippen LogP contribution in [0.25, 0.3) is 11.3 Å². The van der Waals surface area contributed by atoms with Gasteiger partial charge in [-0.1, -0.05) is 36.8 Å². The highest BCUT2D eigenvalue weighted by Crippen LogP contribution is 2.27. The molecule has 1 aromatic heterocycles. The van der Waals surface area contributed by atoms with Gasteiger partial charge in [-0.2, -0.15) is 0 Å². The first-order valence-electron chi connectivity index (χ1n) is 7.29. The maximum atomic E-state index is 10.0. The molecule has 0 aliphatic carbocycles. The fraction of sp³-hybridized carbons (Fsp3) is 0.353. The van der Waals surface area contributed by atoms with Crippen molar-refractivity contribution in [1.29, 1.82) is 0 Å². The fourth-order valence-electron chi connectivity index (χ4n) is 2.74. The third kappa shape index (κ3) is 3.96. The number of likely N-dealkylation sites (tertiary alicyclic amines) is 1. The van der Waals surface area contributed by atoms with Crippen LogP contribution in [0.4, 0.5) is 0 Å². The van der Waals surface area contributed by atoms with Crippen LogP contribution in [0.5, 0.6) is 5.75 Å². The summed E-state index contributed by atoms with van der Waals surface area (Å²) in [6.45, 7) is 3.19. The van der Waals surface area contributed by atoms with Crippen molar-refractivity contribution in [1.82, 2.24) is 9.88 Å². The molecule has 3 rings (SSSR count). The largest absolute Gasteiger partial charge is 1.00 e. The standard InChI is InChI=1S/C17H20N2O.ClH/c20-16-10-9-15(13-19-11-5-2-6-12-19)18-17(16)14-7-3-1-4-8-14;/h1,3-4,7-10,20H,2,5-6,11-13H2;1H/p-1. The third-order valence-corrected chi connectivity index (χ3v) is 3.81. The molecule has 0 spiro atoms. The summed E-state index contributed by atoms with van der Waals surface area (Å²) < 4.78 is 0. The third-order valence-electron chi connectivity index (χ3n) is 3.81. The number of pyridine rings is 1. The summed E-state index contributed by atoms with van der Waals surface area (Å²) in [6, 6.07) is 13.5. The fourth-order valence-corrected chi connectivity index (χ4v) is 2.74. The van der Waals surface area contributed by atoms with E-state index in [0.29, 0.717) is 5.69 Å². The van der Waals surface area contributed by atoms with Crippen LogP contribution in [0.15, 0.2) is 42.5 Å². The Bertz CT molecular complexity index is 568. The van der Waals surface area contributed by atoms with E-state index >= 15 is 0 Å². The van der Waals surface area contributed by atoms with E-state index in [2.05, 4.69) is 9.88 Å². The SMILES string of the molecule is Oc1ccc(CN2CCCCC2)nc1-c1ccccc1.[Cl-]. The van der Waals surface area contributed by atoms with Crippen molar-refractivity contribution < 1.29 is 17.5 Å². The van der Waals surface area contributed by atoms with Gasteiger partial charge in [0.05, 0.1) is 5.69 Å². The average Bonchev–Trinajstić information content (AvgIpc) is 2.51. The molecule has 0 radical (unpaired) electrons. The second kappa shape index (κ2) is 7.43. The molecule has 0 saturated carbocycles. The molecule has 1 aliphatic rings. The molecule has 0 unspecified atom stereocenters. The van der Waals surface area contributed by atoms with Gasteiger partial charge >= 0.3 is 0 Å². The summed E-state index contributed by atoms with van der Waals surface area (Å²) in [4.78, 5) is 7.09. The Hall–Kier alpha value is -1.58. The smallest absolute Gasteiger partial charge is 0.141 e. The van der Waals surface area contributed by atoms with Gasteiger partial charge in [0.1, 0.15) is 11.4 Å². The number of aromatic nitrogens is 1. The van der Waals surface area contributed by atoms with Crippen molar-refractivity contribution in [3.8, 4) is 17.0 Å². The van der Waals surface area contributed by atoms with E-state index in [9.17, 15) is 5.11 Å². The maximum absolute atomic E-state index is 10.0. The quantitative estimate of drug-likeness (QED) is 0.894. The lowest BCUT2D eigenvalue weighted by Gasteiger charge is -2.26. The van der Waals surface area contributed by atoms with Crippen molar-refractivity contribution in [3.05, 3.63) is 48.2 Å². The Labute approximate surface area is 132 Å². The van der Waals surface area contributed by atoms with Crippen LogP contribution in [0.3, 0.4) is 0 Å². The Morgan fingerprint density at radius 3 is 2.38 bits per heavy atom. The summed E-state index contributed by atoms with van der Waals surface area (Å²) in [5, 5.41) is 10.0. The highest BCUT2D eigenvalue weighted by atomic mass is 35.5. The average molecular weight is 304 g/mol. The summed E-state index contributed by atoms with van der Waals surface area (Å²) in [7, 11) is 0. The van der Waals surface area contributed by atoms with Crippen LogP contribution in [0.1, 0.15) is 25.0 Å². The number of hydrogen-bond acceptors (Lipinski definition) is 3. The lowest BCUT2D eigenvalue weighted by atomic mass is 10.1. The molecular formula is C17H20ClN2O-. The number of piperidine rings is 1. The molecule has 1 aromatic carbocycles. The zero-order chi connectivity index (χ0) is 13.8. The summed E-state index contributed by atoms with van der Waals surface area (Å²) in [6.07, 6.45) is 3.90. The molecule has 2 aromatic rings. The maximum Gasteiger partial charge on any atom is 0.141 e. The van der Waals surface area contributed by atoms with Gasteiger partial charge < -0.3 is 17.5 Å². The Kier molecular flexibility index (Phi) is 5.59. The number of aromatic hydroxyl groups is 1. The summed E-state index contributed by atoms with van der Waals surface area (Å²) >= 11 is 0. The van der Waals surface area contributed by atoms with Crippen LogP contribution in [-0.2, 0) is 6.54 Å². The molecule has 21 heavy (non-hydrogen) atoms. The molecule has 0 atom stereocenters. The Morgan fingerprint density at radius 2 is 1.67 bits per heavy atom. The Balaban J connectivity index is 0.00000161.